The minimum absolute atomic E-state index is 0.0244. The van der Waals surface area contributed by atoms with Crippen molar-refractivity contribution in [2.75, 3.05) is 6.61 Å². The van der Waals surface area contributed by atoms with Crippen LogP contribution in [0, 0.1) is 11.8 Å². The highest BCUT2D eigenvalue weighted by Crippen LogP contribution is 2.51. The van der Waals surface area contributed by atoms with Crippen LogP contribution in [-0.4, -0.2) is 23.5 Å². The predicted octanol–water partition coefficient (Wildman–Crippen LogP) is 3.95. The second-order valence-corrected chi connectivity index (χ2v) is 7.46. The molecule has 3 aliphatic rings. The molecule has 2 heterocycles. The van der Waals surface area contributed by atoms with Gasteiger partial charge in [-0.1, -0.05) is 43.5 Å². The van der Waals surface area contributed by atoms with Crippen molar-refractivity contribution < 1.29 is 9.53 Å². The van der Waals surface area contributed by atoms with Gasteiger partial charge in [0.1, 0.15) is 0 Å². The van der Waals surface area contributed by atoms with Crippen molar-refractivity contribution >= 4 is 17.5 Å². The first-order valence-corrected chi connectivity index (χ1v) is 8.73. The molecule has 1 aliphatic carbocycles. The highest BCUT2D eigenvalue weighted by atomic mass is 35.5. The Hall–Kier alpha value is -1.06. The average molecular weight is 320 g/mol. The highest BCUT2D eigenvalue weighted by Gasteiger charge is 2.58. The molecule has 2 saturated heterocycles. The summed E-state index contributed by atoms with van der Waals surface area (Å²) < 4.78 is 6.39. The number of ether oxygens (including phenoxy) is 1. The lowest BCUT2D eigenvalue weighted by Gasteiger charge is -2.52. The van der Waals surface area contributed by atoms with Gasteiger partial charge >= 0.3 is 0 Å². The predicted molar refractivity (Wildman–Crippen MR) is 85.5 cm³/mol. The molecule has 0 spiro atoms. The zero-order chi connectivity index (χ0) is 15.3. The Morgan fingerprint density at radius 2 is 1.95 bits per heavy atom. The lowest BCUT2D eigenvalue weighted by molar-refractivity contribution is -0.222. The van der Waals surface area contributed by atoms with Gasteiger partial charge in [0.25, 0.3) is 0 Å². The average Bonchev–Trinajstić information content (AvgIpc) is 2.80. The molecule has 4 heteroatoms. The number of nitrogens with zero attached hydrogens (tertiary/aromatic N) is 1. The minimum Gasteiger partial charge on any atom is -0.351 e. The number of carbonyl (C=O) groups excluding carboxylic acids is 1. The molecule has 0 aromatic heterocycles. The number of carbonyl (C=O) groups is 1. The Balaban J connectivity index is 1.78. The van der Waals surface area contributed by atoms with E-state index in [4.69, 9.17) is 16.3 Å². The van der Waals surface area contributed by atoms with Gasteiger partial charge in [0.05, 0.1) is 6.61 Å². The van der Waals surface area contributed by atoms with Crippen molar-refractivity contribution in [3.05, 3.63) is 34.9 Å². The second-order valence-electron chi connectivity index (χ2n) is 7.03. The quantitative estimate of drug-likeness (QED) is 0.784. The Kier molecular flexibility index (Phi) is 3.46. The molecule has 3 nitrogen and oxygen atoms in total. The first kappa shape index (κ1) is 14.5. The molecule has 1 amide bonds. The summed E-state index contributed by atoms with van der Waals surface area (Å²) in [5, 5.41) is 0.718. The lowest BCUT2D eigenvalue weighted by atomic mass is 9.81. The van der Waals surface area contributed by atoms with Gasteiger partial charge in [-0.3, -0.25) is 4.79 Å². The van der Waals surface area contributed by atoms with E-state index in [0.717, 1.165) is 30.0 Å². The molecule has 2 unspecified atom stereocenters. The normalized spacial score (nSPS) is 37.8. The Morgan fingerprint density at radius 1 is 1.23 bits per heavy atom. The van der Waals surface area contributed by atoms with Gasteiger partial charge in [0.2, 0.25) is 5.91 Å². The van der Waals surface area contributed by atoms with E-state index in [-0.39, 0.29) is 11.8 Å². The molecule has 1 aromatic rings. The third-order valence-corrected chi connectivity index (χ3v) is 5.92. The van der Waals surface area contributed by atoms with Crippen LogP contribution in [0.5, 0.6) is 0 Å². The summed E-state index contributed by atoms with van der Waals surface area (Å²) in [5.74, 6) is 0.784. The van der Waals surface area contributed by atoms with E-state index in [1.54, 1.807) is 0 Å². The minimum atomic E-state index is -0.570. The largest absolute Gasteiger partial charge is 0.351 e. The van der Waals surface area contributed by atoms with Crippen molar-refractivity contribution in [1.82, 2.24) is 4.90 Å². The molecule has 118 valence electrons. The van der Waals surface area contributed by atoms with Crippen LogP contribution >= 0.6 is 11.6 Å². The number of fused-ring (bicyclic) bond motifs is 3. The van der Waals surface area contributed by atoms with Crippen molar-refractivity contribution in [2.24, 2.45) is 11.8 Å². The number of halogens is 1. The Morgan fingerprint density at radius 3 is 2.73 bits per heavy atom. The number of amides is 1. The van der Waals surface area contributed by atoms with Crippen LogP contribution in [0.4, 0.5) is 0 Å². The first-order valence-electron chi connectivity index (χ1n) is 8.35. The summed E-state index contributed by atoms with van der Waals surface area (Å²) in [6.45, 7) is 2.79. The van der Waals surface area contributed by atoms with Gasteiger partial charge < -0.3 is 9.64 Å². The molecule has 0 bridgehead atoms. The van der Waals surface area contributed by atoms with Gasteiger partial charge in [-0.2, -0.15) is 0 Å². The van der Waals surface area contributed by atoms with Crippen LogP contribution in [0.25, 0.3) is 0 Å². The molecule has 22 heavy (non-hydrogen) atoms. The fourth-order valence-electron chi connectivity index (χ4n) is 4.59. The van der Waals surface area contributed by atoms with E-state index >= 15 is 0 Å². The molecular weight excluding hydrogens is 298 g/mol. The summed E-state index contributed by atoms with van der Waals surface area (Å²) in [7, 11) is 0. The fourth-order valence-corrected chi connectivity index (χ4v) is 4.72. The maximum absolute atomic E-state index is 12.9. The summed E-state index contributed by atoms with van der Waals surface area (Å²) in [6, 6.07) is 8.17. The Labute approximate surface area is 136 Å². The number of hydrogen-bond acceptors (Lipinski definition) is 2. The van der Waals surface area contributed by atoms with Gasteiger partial charge in [-0.05, 0) is 25.0 Å². The zero-order valence-electron chi connectivity index (χ0n) is 12.9. The highest BCUT2D eigenvalue weighted by molar-refractivity contribution is 6.30. The van der Waals surface area contributed by atoms with Crippen molar-refractivity contribution in [3.63, 3.8) is 0 Å². The van der Waals surface area contributed by atoms with E-state index in [9.17, 15) is 4.79 Å². The van der Waals surface area contributed by atoms with E-state index < -0.39 is 5.72 Å². The number of benzene rings is 1. The molecule has 1 aromatic carbocycles. The molecule has 3 fully saturated rings. The summed E-state index contributed by atoms with van der Waals surface area (Å²) in [4.78, 5) is 15.0. The third kappa shape index (κ3) is 2.02. The van der Waals surface area contributed by atoms with E-state index in [1.165, 1.54) is 19.3 Å². The molecular formula is C18H22ClNO2. The van der Waals surface area contributed by atoms with E-state index in [1.807, 2.05) is 31.2 Å². The molecule has 4 atom stereocenters. The van der Waals surface area contributed by atoms with Crippen LogP contribution < -0.4 is 0 Å². The fraction of sp³-hybridized carbons (Fsp3) is 0.611. The molecule has 0 radical (unpaired) electrons. The standard InChI is InChI=1S/C18H22ClNO2/c1-12-10-18(14-6-8-15(19)9-7-14)20(17(12)21)16-5-3-2-4-13(16)11-22-18/h6-9,12-13,16H,2-5,10-11H2,1H3/t12-,13?,16?,18-/m1/s1. The van der Waals surface area contributed by atoms with Crippen molar-refractivity contribution in [1.29, 1.82) is 0 Å². The molecule has 1 saturated carbocycles. The molecule has 2 aliphatic heterocycles. The van der Waals surface area contributed by atoms with E-state index in [0.29, 0.717) is 12.0 Å². The van der Waals surface area contributed by atoms with Crippen LogP contribution in [-0.2, 0) is 15.3 Å². The van der Waals surface area contributed by atoms with Crippen LogP contribution in [0.2, 0.25) is 5.02 Å². The molecule has 4 rings (SSSR count). The number of hydrogen-bond donors (Lipinski definition) is 0. The van der Waals surface area contributed by atoms with Crippen molar-refractivity contribution in [3.8, 4) is 0 Å². The van der Waals surface area contributed by atoms with Crippen molar-refractivity contribution in [2.45, 2.75) is 50.8 Å². The van der Waals surface area contributed by atoms with Crippen LogP contribution in [0.1, 0.15) is 44.6 Å². The van der Waals surface area contributed by atoms with Gasteiger partial charge in [0, 0.05) is 34.9 Å². The monoisotopic (exact) mass is 319 g/mol. The first-order chi connectivity index (χ1) is 10.6. The summed E-state index contributed by atoms with van der Waals surface area (Å²) in [5.41, 5.74) is 0.498. The van der Waals surface area contributed by atoms with Gasteiger partial charge in [-0.25, -0.2) is 0 Å². The van der Waals surface area contributed by atoms with Crippen LogP contribution in [0.3, 0.4) is 0 Å². The second kappa shape index (κ2) is 5.24. The van der Waals surface area contributed by atoms with E-state index in [2.05, 4.69) is 4.90 Å². The third-order valence-electron chi connectivity index (χ3n) is 5.66. The Bertz CT molecular complexity index is 587. The van der Waals surface area contributed by atoms with Gasteiger partial charge in [0.15, 0.2) is 5.72 Å². The van der Waals surface area contributed by atoms with Crippen LogP contribution in [0.15, 0.2) is 24.3 Å². The lowest BCUT2D eigenvalue weighted by Crippen LogP contribution is -2.59. The maximum Gasteiger partial charge on any atom is 0.228 e. The zero-order valence-corrected chi connectivity index (χ0v) is 13.7. The molecule has 0 N–H and O–H groups in total. The smallest absolute Gasteiger partial charge is 0.228 e. The summed E-state index contributed by atoms with van der Waals surface area (Å²) >= 11 is 6.04. The SMILES string of the molecule is C[C@@H]1C[C@]2(c3ccc(Cl)cc3)OCC3CCCCC3N2C1=O. The topological polar surface area (TPSA) is 29.5 Å². The van der Waals surface area contributed by atoms with Gasteiger partial charge in [-0.15, -0.1) is 0 Å². The number of rotatable bonds is 1. The summed E-state index contributed by atoms with van der Waals surface area (Å²) in [6.07, 6.45) is 5.52. The maximum atomic E-state index is 12.9.